The molecule has 0 aromatic heterocycles. The minimum absolute atomic E-state index is 0.0533. The molecule has 0 radical (unpaired) electrons. The van der Waals surface area contributed by atoms with Gasteiger partial charge < -0.3 is 10.2 Å². The van der Waals surface area contributed by atoms with Crippen molar-refractivity contribution in [3.63, 3.8) is 0 Å². The van der Waals surface area contributed by atoms with Gasteiger partial charge in [0.2, 0.25) is 0 Å². The first-order valence-electron chi connectivity index (χ1n) is 10.5. The summed E-state index contributed by atoms with van der Waals surface area (Å²) in [5, 5.41) is 18.5. The lowest BCUT2D eigenvalue weighted by Gasteiger charge is -2.09. The van der Waals surface area contributed by atoms with E-state index in [0.29, 0.717) is 12.0 Å². The summed E-state index contributed by atoms with van der Waals surface area (Å²) in [5.74, 6) is -1.52. The van der Waals surface area contributed by atoms with Gasteiger partial charge in [-0.05, 0) is 30.4 Å². The maximum absolute atomic E-state index is 11.4. The highest BCUT2D eigenvalue weighted by atomic mass is 16.4. The fourth-order valence-corrected chi connectivity index (χ4v) is 3.52. The van der Waals surface area contributed by atoms with E-state index in [1.54, 1.807) is 12.1 Å². The molecule has 0 saturated heterocycles. The number of hydrogen-bond acceptors (Lipinski definition) is 2. The molecule has 0 spiro atoms. The highest BCUT2D eigenvalue weighted by Crippen LogP contribution is 2.19. The fourth-order valence-electron chi connectivity index (χ4n) is 3.52. The van der Waals surface area contributed by atoms with E-state index in [2.05, 4.69) is 13.8 Å². The van der Waals surface area contributed by atoms with Crippen molar-refractivity contribution in [1.29, 1.82) is 0 Å². The van der Waals surface area contributed by atoms with Crippen LogP contribution < -0.4 is 0 Å². The van der Waals surface area contributed by atoms with Crippen LogP contribution in [0.25, 0.3) is 0 Å². The van der Waals surface area contributed by atoms with Gasteiger partial charge in [0.1, 0.15) is 0 Å². The second-order valence-corrected chi connectivity index (χ2v) is 7.92. The molecule has 0 saturated carbocycles. The minimum atomic E-state index is -1.18. The predicted octanol–water partition coefficient (Wildman–Crippen LogP) is 6.57. The highest BCUT2D eigenvalue weighted by molar-refractivity contribution is 6.02. The van der Waals surface area contributed by atoms with Gasteiger partial charge in [-0.1, -0.05) is 90.2 Å². The molecule has 4 heteroatoms. The second-order valence-electron chi connectivity index (χ2n) is 7.92. The van der Waals surface area contributed by atoms with Crippen LogP contribution in [0.4, 0.5) is 0 Å². The van der Waals surface area contributed by atoms with Crippen molar-refractivity contribution < 1.29 is 19.8 Å². The normalized spacial score (nSPS) is 11.1. The van der Waals surface area contributed by atoms with Crippen molar-refractivity contribution in [3.05, 3.63) is 34.9 Å². The van der Waals surface area contributed by atoms with Gasteiger partial charge in [0, 0.05) is 0 Å². The number of benzene rings is 1. The van der Waals surface area contributed by atoms with E-state index < -0.39 is 11.9 Å². The maximum Gasteiger partial charge on any atom is 0.336 e. The molecule has 0 aliphatic heterocycles. The molecule has 4 nitrogen and oxygen atoms in total. The molecule has 0 heterocycles. The Bertz CT molecular complexity index is 578. The molecule has 0 atom stereocenters. The Labute approximate surface area is 164 Å². The van der Waals surface area contributed by atoms with Gasteiger partial charge in [0.25, 0.3) is 0 Å². The summed E-state index contributed by atoms with van der Waals surface area (Å²) in [7, 11) is 0. The molecule has 27 heavy (non-hydrogen) atoms. The highest BCUT2D eigenvalue weighted by Gasteiger charge is 2.19. The van der Waals surface area contributed by atoms with Crippen molar-refractivity contribution in [2.24, 2.45) is 5.92 Å². The van der Waals surface area contributed by atoms with E-state index in [9.17, 15) is 14.7 Å². The zero-order valence-electron chi connectivity index (χ0n) is 17.0. The van der Waals surface area contributed by atoms with Crippen molar-refractivity contribution >= 4 is 11.9 Å². The molecule has 2 N–H and O–H groups in total. The smallest absolute Gasteiger partial charge is 0.336 e. The van der Waals surface area contributed by atoms with E-state index in [1.165, 1.54) is 57.4 Å². The number of unbranched alkanes of at least 4 members (excludes halogenated alkanes) is 9. The van der Waals surface area contributed by atoms with Gasteiger partial charge in [0.05, 0.1) is 11.1 Å². The molecule has 152 valence electrons. The third-order valence-electron chi connectivity index (χ3n) is 5.07. The first-order valence-corrected chi connectivity index (χ1v) is 10.5. The lowest BCUT2D eigenvalue weighted by molar-refractivity contribution is 0.0650. The molecule has 0 fully saturated rings. The van der Waals surface area contributed by atoms with Crippen molar-refractivity contribution in [1.82, 2.24) is 0 Å². The third-order valence-corrected chi connectivity index (χ3v) is 5.07. The first kappa shape index (κ1) is 23.2. The van der Waals surface area contributed by atoms with Gasteiger partial charge in [0.15, 0.2) is 0 Å². The van der Waals surface area contributed by atoms with Crippen LogP contribution >= 0.6 is 0 Å². The second kappa shape index (κ2) is 13.3. The van der Waals surface area contributed by atoms with Crippen LogP contribution in [-0.4, -0.2) is 22.2 Å². The van der Waals surface area contributed by atoms with Crippen molar-refractivity contribution in [2.45, 2.75) is 90.9 Å². The van der Waals surface area contributed by atoms with E-state index >= 15 is 0 Å². The van der Waals surface area contributed by atoms with Crippen LogP contribution in [0.3, 0.4) is 0 Å². The van der Waals surface area contributed by atoms with Crippen LogP contribution in [0.1, 0.15) is 111 Å². The van der Waals surface area contributed by atoms with E-state index in [4.69, 9.17) is 5.11 Å². The molecule has 0 amide bonds. The van der Waals surface area contributed by atoms with Crippen LogP contribution in [-0.2, 0) is 6.42 Å². The molecule has 1 aromatic rings. The number of hydrogen-bond donors (Lipinski definition) is 2. The van der Waals surface area contributed by atoms with E-state index in [-0.39, 0.29) is 11.1 Å². The molecule has 0 unspecified atom stereocenters. The summed E-state index contributed by atoms with van der Waals surface area (Å²) in [6, 6.07) is 4.72. The van der Waals surface area contributed by atoms with Crippen molar-refractivity contribution in [2.75, 3.05) is 0 Å². The van der Waals surface area contributed by atoms with Crippen LogP contribution in [0, 0.1) is 5.92 Å². The Morgan fingerprint density at radius 1 is 0.778 bits per heavy atom. The predicted molar refractivity (Wildman–Crippen MR) is 110 cm³/mol. The number of aromatic carboxylic acids is 2. The van der Waals surface area contributed by atoms with E-state index in [1.807, 2.05) is 0 Å². The van der Waals surface area contributed by atoms with Gasteiger partial charge in [-0.25, -0.2) is 9.59 Å². The SMILES string of the molecule is CC(C)CCCCCCCCCCCCc1cccc(C(=O)O)c1C(=O)O. The monoisotopic (exact) mass is 376 g/mol. The van der Waals surface area contributed by atoms with Crippen LogP contribution in [0.15, 0.2) is 18.2 Å². The lowest BCUT2D eigenvalue weighted by Crippen LogP contribution is -2.11. The van der Waals surface area contributed by atoms with Gasteiger partial charge in [-0.3, -0.25) is 0 Å². The number of carboxylic acid groups (broad SMARTS) is 2. The molecule has 0 aliphatic carbocycles. The Balaban J connectivity index is 2.16. The summed E-state index contributed by atoms with van der Waals surface area (Å²) in [6.45, 7) is 4.57. The number of rotatable bonds is 15. The fraction of sp³-hybridized carbons (Fsp3) is 0.652. The van der Waals surface area contributed by atoms with Crippen LogP contribution in [0.2, 0.25) is 0 Å². The Kier molecular flexibility index (Phi) is 11.5. The van der Waals surface area contributed by atoms with E-state index in [0.717, 1.165) is 25.2 Å². The summed E-state index contributed by atoms with van der Waals surface area (Å²) >= 11 is 0. The first-order chi connectivity index (χ1) is 12.9. The molecule has 0 aliphatic rings. The number of carboxylic acids is 2. The van der Waals surface area contributed by atoms with Gasteiger partial charge in [-0.15, -0.1) is 0 Å². The summed E-state index contributed by atoms with van der Waals surface area (Å²) in [5.41, 5.74) is 0.458. The summed E-state index contributed by atoms with van der Waals surface area (Å²) < 4.78 is 0. The largest absolute Gasteiger partial charge is 0.478 e. The molecule has 1 aromatic carbocycles. The quantitative estimate of drug-likeness (QED) is 0.339. The summed E-state index contributed by atoms with van der Waals surface area (Å²) in [4.78, 5) is 22.6. The van der Waals surface area contributed by atoms with Crippen LogP contribution in [0.5, 0.6) is 0 Å². The Morgan fingerprint density at radius 2 is 1.30 bits per heavy atom. The zero-order valence-corrected chi connectivity index (χ0v) is 17.0. The average Bonchev–Trinajstić information content (AvgIpc) is 2.61. The van der Waals surface area contributed by atoms with Gasteiger partial charge in [-0.2, -0.15) is 0 Å². The zero-order chi connectivity index (χ0) is 20.1. The Morgan fingerprint density at radius 3 is 1.78 bits per heavy atom. The molecular formula is C23H36O4. The topological polar surface area (TPSA) is 74.6 Å². The molecule has 0 bridgehead atoms. The molecule has 1 rings (SSSR count). The third kappa shape index (κ3) is 9.60. The number of carbonyl (C=O) groups is 2. The minimum Gasteiger partial charge on any atom is -0.478 e. The lowest BCUT2D eigenvalue weighted by atomic mass is 9.96. The average molecular weight is 377 g/mol. The van der Waals surface area contributed by atoms with Gasteiger partial charge >= 0.3 is 11.9 Å². The maximum atomic E-state index is 11.4. The number of aryl methyl sites for hydroxylation is 1. The Hall–Kier alpha value is -1.84. The van der Waals surface area contributed by atoms with Crippen molar-refractivity contribution in [3.8, 4) is 0 Å². The summed E-state index contributed by atoms with van der Waals surface area (Å²) in [6.07, 6.45) is 14.3. The standard InChI is InChI=1S/C23H36O4/c1-18(2)14-11-9-7-5-3-4-6-8-10-12-15-19-16-13-17-20(22(24)25)21(19)23(26)27/h13,16-18H,3-12,14-15H2,1-2H3,(H,24,25)(H,26,27). The molecular weight excluding hydrogens is 340 g/mol.